The molecule has 3 nitrogen and oxygen atoms in total. The minimum Gasteiger partial charge on any atom is -0.357 e. The Labute approximate surface area is 95.5 Å². The average Bonchev–Trinajstić information content (AvgIpc) is 2.67. The van der Waals surface area contributed by atoms with Crippen molar-refractivity contribution in [1.29, 1.82) is 0 Å². The Morgan fingerprint density at radius 1 is 1.33 bits per heavy atom. The van der Waals surface area contributed by atoms with E-state index in [9.17, 15) is 0 Å². The van der Waals surface area contributed by atoms with Crippen LogP contribution in [-0.4, -0.2) is 23.1 Å². The van der Waals surface area contributed by atoms with Crippen molar-refractivity contribution in [2.75, 3.05) is 11.9 Å². The van der Waals surface area contributed by atoms with Crippen LogP contribution in [0.4, 0.5) is 5.82 Å². The van der Waals surface area contributed by atoms with Crippen molar-refractivity contribution in [3.8, 4) is 0 Å². The number of halogens is 1. The molecule has 0 aromatic carbocycles. The Morgan fingerprint density at radius 2 is 2.00 bits per heavy atom. The first-order valence-electron chi connectivity index (χ1n) is 5.41. The third-order valence-electron chi connectivity index (χ3n) is 3.03. The van der Waals surface area contributed by atoms with Crippen molar-refractivity contribution in [1.82, 2.24) is 9.97 Å². The molecule has 0 N–H and O–H groups in total. The zero-order valence-corrected chi connectivity index (χ0v) is 9.96. The first-order valence-corrected chi connectivity index (χ1v) is 5.78. The molecular formula is C11H16ClN3. The van der Waals surface area contributed by atoms with Crippen molar-refractivity contribution in [2.24, 2.45) is 0 Å². The Balaban J connectivity index is 2.20. The Morgan fingerprint density at radius 3 is 2.60 bits per heavy atom. The van der Waals surface area contributed by atoms with Gasteiger partial charge in [-0.2, -0.15) is 0 Å². The molecule has 1 aromatic heterocycles. The van der Waals surface area contributed by atoms with Crippen LogP contribution in [0.5, 0.6) is 0 Å². The maximum Gasteiger partial charge on any atom is 0.134 e. The molecule has 0 bridgehead atoms. The van der Waals surface area contributed by atoms with E-state index in [0.717, 1.165) is 11.6 Å². The normalized spacial score (nSPS) is 17.0. The van der Waals surface area contributed by atoms with E-state index in [1.165, 1.54) is 25.7 Å². The van der Waals surface area contributed by atoms with Crippen LogP contribution in [-0.2, 0) is 0 Å². The van der Waals surface area contributed by atoms with Gasteiger partial charge >= 0.3 is 0 Å². The maximum atomic E-state index is 5.92. The molecule has 2 rings (SSSR count). The van der Waals surface area contributed by atoms with Crippen LogP contribution in [0.3, 0.4) is 0 Å². The van der Waals surface area contributed by atoms with E-state index in [2.05, 4.69) is 21.9 Å². The van der Waals surface area contributed by atoms with Crippen LogP contribution in [0.25, 0.3) is 0 Å². The topological polar surface area (TPSA) is 29.0 Å². The zero-order chi connectivity index (χ0) is 10.8. The van der Waals surface area contributed by atoms with Gasteiger partial charge in [0.15, 0.2) is 0 Å². The lowest BCUT2D eigenvalue weighted by Gasteiger charge is -2.25. The fourth-order valence-corrected chi connectivity index (χ4v) is 2.40. The van der Waals surface area contributed by atoms with E-state index < -0.39 is 0 Å². The predicted molar refractivity (Wildman–Crippen MR) is 62.4 cm³/mol. The van der Waals surface area contributed by atoms with Gasteiger partial charge in [-0.15, -0.1) is 0 Å². The molecule has 0 radical (unpaired) electrons. The second-order valence-electron chi connectivity index (χ2n) is 4.15. The van der Waals surface area contributed by atoms with E-state index in [1.807, 2.05) is 13.0 Å². The van der Waals surface area contributed by atoms with E-state index in [4.69, 9.17) is 11.6 Å². The molecule has 0 aliphatic heterocycles. The highest BCUT2D eigenvalue weighted by Gasteiger charge is 2.20. The summed E-state index contributed by atoms with van der Waals surface area (Å²) in [6, 6.07) is 2.46. The molecule has 1 aliphatic rings. The van der Waals surface area contributed by atoms with Crippen molar-refractivity contribution in [3.05, 3.63) is 17.0 Å². The molecule has 0 saturated heterocycles. The summed E-state index contributed by atoms with van der Waals surface area (Å²) in [6.07, 6.45) is 5.17. The van der Waals surface area contributed by atoms with Crippen molar-refractivity contribution in [3.63, 3.8) is 0 Å². The third kappa shape index (κ3) is 2.40. The monoisotopic (exact) mass is 225 g/mol. The first-order chi connectivity index (χ1) is 7.16. The van der Waals surface area contributed by atoms with Gasteiger partial charge in [-0.1, -0.05) is 24.4 Å². The minimum absolute atomic E-state index is 0.530. The summed E-state index contributed by atoms with van der Waals surface area (Å²) in [5.41, 5.74) is 0. The SMILES string of the molecule is Cc1nc(Cl)cc(N(C)C2CCCC2)n1. The second kappa shape index (κ2) is 4.35. The first kappa shape index (κ1) is 10.7. The molecule has 4 heteroatoms. The second-order valence-corrected chi connectivity index (χ2v) is 4.53. The number of hydrogen-bond donors (Lipinski definition) is 0. The van der Waals surface area contributed by atoms with Gasteiger partial charge in [0.2, 0.25) is 0 Å². The van der Waals surface area contributed by atoms with Gasteiger partial charge in [-0.25, -0.2) is 9.97 Å². The lowest BCUT2D eigenvalue weighted by Crippen LogP contribution is -2.29. The Hall–Kier alpha value is -0.830. The molecule has 0 atom stereocenters. The van der Waals surface area contributed by atoms with Crippen LogP contribution in [0, 0.1) is 6.92 Å². The summed E-state index contributed by atoms with van der Waals surface area (Å²) < 4.78 is 0. The summed E-state index contributed by atoms with van der Waals surface area (Å²) in [7, 11) is 2.09. The third-order valence-corrected chi connectivity index (χ3v) is 3.22. The Kier molecular flexibility index (Phi) is 3.10. The number of hydrogen-bond acceptors (Lipinski definition) is 3. The summed E-state index contributed by atoms with van der Waals surface area (Å²) in [6.45, 7) is 1.87. The van der Waals surface area contributed by atoms with Crippen LogP contribution in [0.15, 0.2) is 6.07 Å². The molecule has 82 valence electrons. The number of rotatable bonds is 2. The molecule has 1 fully saturated rings. The van der Waals surface area contributed by atoms with Gasteiger partial charge in [-0.3, -0.25) is 0 Å². The largest absolute Gasteiger partial charge is 0.357 e. The Bertz CT molecular complexity index is 327. The lowest BCUT2D eigenvalue weighted by molar-refractivity contribution is 0.644. The maximum absolute atomic E-state index is 5.92. The summed E-state index contributed by atoms with van der Waals surface area (Å²) in [5.74, 6) is 1.68. The number of aryl methyl sites for hydroxylation is 1. The molecule has 0 amide bonds. The van der Waals surface area contributed by atoms with Gasteiger partial charge < -0.3 is 4.90 Å². The fourth-order valence-electron chi connectivity index (χ4n) is 2.18. The summed E-state index contributed by atoms with van der Waals surface area (Å²) in [5, 5.41) is 0.530. The number of anilines is 1. The fraction of sp³-hybridized carbons (Fsp3) is 0.636. The van der Waals surface area contributed by atoms with E-state index >= 15 is 0 Å². The molecule has 15 heavy (non-hydrogen) atoms. The molecule has 0 unspecified atom stereocenters. The molecule has 1 aliphatic carbocycles. The quantitative estimate of drug-likeness (QED) is 0.725. The van der Waals surface area contributed by atoms with Crippen molar-refractivity contribution < 1.29 is 0 Å². The number of nitrogens with zero attached hydrogens (tertiary/aromatic N) is 3. The van der Waals surface area contributed by atoms with Gasteiger partial charge in [-0.05, 0) is 19.8 Å². The lowest BCUT2D eigenvalue weighted by atomic mass is 10.2. The minimum atomic E-state index is 0.530. The summed E-state index contributed by atoms with van der Waals surface area (Å²) >= 11 is 5.92. The van der Waals surface area contributed by atoms with Gasteiger partial charge in [0, 0.05) is 19.2 Å². The molecule has 1 aromatic rings. The van der Waals surface area contributed by atoms with Gasteiger partial charge in [0.05, 0.1) is 0 Å². The molecule has 1 saturated carbocycles. The van der Waals surface area contributed by atoms with Crippen molar-refractivity contribution >= 4 is 17.4 Å². The van der Waals surface area contributed by atoms with Gasteiger partial charge in [0.25, 0.3) is 0 Å². The average molecular weight is 226 g/mol. The highest BCUT2D eigenvalue weighted by atomic mass is 35.5. The van der Waals surface area contributed by atoms with Crippen LogP contribution in [0.2, 0.25) is 5.15 Å². The van der Waals surface area contributed by atoms with Crippen LogP contribution in [0.1, 0.15) is 31.5 Å². The zero-order valence-electron chi connectivity index (χ0n) is 9.20. The molecule has 1 heterocycles. The smallest absolute Gasteiger partial charge is 0.134 e. The van der Waals surface area contributed by atoms with Gasteiger partial charge in [0.1, 0.15) is 16.8 Å². The predicted octanol–water partition coefficient (Wildman–Crippen LogP) is 2.82. The van der Waals surface area contributed by atoms with E-state index in [0.29, 0.717) is 11.2 Å². The number of aromatic nitrogens is 2. The standard InChI is InChI=1S/C11H16ClN3/c1-8-13-10(12)7-11(14-8)15(2)9-5-3-4-6-9/h7,9H,3-6H2,1-2H3. The van der Waals surface area contributed by atoms with E-state index in [1.54, 1.807) is 0 Å². The van der Waals surface area contributed by atoms with Crippen LogP contribution < -0.4 is 4.90 Å². The van der Waals surface area contributed by atoms with Crippen LogP contribution >= 0.6 is 11.6 Å². The highest BCUT2D eigenvalue weighted by Crippen LogP contribution is 2.26. The molecule has 0 spiro atoms. The summed E-state index contributed by atoms with van der Waals surface area (Å²) in [4.78, 5) is 10.7. The highest BCUT2D eigenvalue weighted by molar-refractivity contribution is 6.29. The van der Waals surface area contributed by atoms with E-state index in [-0.39, 0.29) is 0 Å². The van der Waals surface area contributed by atoms with Crippen molar-refractivity contribution in [2.45, 2.75) is 38.6 Å². The molecular weight excluding hydrogens is 210 g/mol.